The molecule has 8 heteroatoms. The number of amides is 2. The third-order valence-electron chi connectivity index (χ3n) is 7.42. The molecule has 0 spiro atoms. The van der Waals surface area contributed by atoms with Crippen molar-refractivity contribution >= 4 is 45.6 Å². The number of likely N-dealkylation sites (tertiary alicyclic amines) is 1. The maximum atomic E-state index is 13.3. The minimum Gasteiger partial charge on any atom is -0.494 e. The highest BCUT2D eigenvalue weighted by molar-refractivity contribution is 6.56. The second kappa shape index (κ2) is 9.62. The first-order chi connectivity index (χ1) is 18.9. The third-order valence-corrected chi connectivity index (χ3v) is 7.42. The van der Waals surface area contributed by atoms with Crippen LogP contribution in [0.5, 0.6) is 5.88 Å². The number of terminal acetylenes is 1. The van der Waals surface area contributed by atoms with Crippen LogP contribution in [-0.4, -0.2) is 51.4 Å². The summed E-state index contributed by atoms with van der Waals surface area (Å²) in [5.41, 5.74) is 4.07. The number of hydrogen-bond donors (Lipinski definition) is 3. The molecule has 6 rings (SSSR count). The van der Waals surface area contributed by atoms with Crippen molar-refractivity contribution in [2.75, 3.05) is 18.4 Å². The smallest absolute Gasteiger partial charge is 0.298 e. The van der Waals surface area contributed by atoms with Crippen LogP contribution in [0.25, 0.3) is 10.9 Å². The number of benzene rings is 3. The zero-order chi connectivity index (χ0) is 27.1. The number of aliphatic imine (C=N–C) groups is 1. The molecular weight excluding hydrogens is 492 g/mol. The average Bonchev–Trinajstić information content (AvgIpc) is 3.47. The summed E-state index contributed by atoms with van der Waals surface area (Å²) in [6.45, 7) is 1.27. The summed E-state index contributed by atoms with van der Waals surface area (Å²) >= 11 is 0. The number of Topliss-reactive ketones (excluding diaryl/α,β-unsaturated/α-hetero) is 1. The zero-order valence-corrected chi connectivity index (χ0v) is 20.9. The van der Waals surface area contributed by atoms with Crippen LogP contribution in [-0.2, 0) is 4.79 Å². The molecule has 2 aliphatic heterocycles. The van der Waals surface area contributed by atoms with Crippen LogP contribution in [0.15, 0.2) is 71.7 Å². The largest absolute Gasteiger partial charge is 0.494 e. The van der Waals surface area contributed by atoms with Gasteiger partial charge < -0.3 is 20.3 Å². The SMILES string of the molecule is C#CC(=O)N1CCC(c2ccc(NC(=O)c3ccc4c(c3)C(=O)C(c3c(O)[nH]c5ccccc35)=N4)cc2)CC1. The van der Waals surface area contributed by atoms with E-state index >= 15 is 0 Å². The minimum absolute atomic E-state index is 0.121. The molecule has 0 saturated carbocycles. The number of fused-ring (bicyclic) bond motifs is 2. The molecule has 4 aromatic rings. The summed E-state index contributed by atoms with van der Waals surface area (Å²) in [7, 11) is 0. The number of nitrogens with zero attached hydrogens (tertiary/aromatic N) is 2. The average molecular weight is 517 g/mol. The Labute approximate surface area is 224 Å². The number of piperidine rings is 1. The van der Waals surface area contributed by atoms with E-state index in [0.717, 1.165) is 18.4 Å². The number of anilines is 1. The topological polar surface area (TPSA) is 115 Å². The van der Waals surface area contributed by atoms with Crippen molar-refractivity contribution in [2.45, 2.75) is 18.8 Å². The molecule has 192 valence electrons. The molecule has 0 unspecified atom stereocenters. The van der Waals surface area contributed by atoms with Crippen LogP contribution in [0.1, 0.15) is 50.6 Å². The van der Waals surface area contributed by atoms with Crippen molar-refractivity contribution in [3.05, 3.63) is 89.0 Å². The van der Waals surface area contributed by atoms with Gasteiger partial charge >= 0.3 is 0 Å². The molecule has 1 aromatic heterocycles. The second-order valence-electron chi connectivity index (χ2n) is 9.70. The van der Waals surface area contributed by atoms with E-state index in [0.29, 0.717) is 58.0 Å². The number of carbonyl (C=O) groups excluding carboxylic acids is 3. The Bertz CT molecular complexity index is 1720. The lowest BCUT2D eigenvalue weighted by Gasteiger charge is -2.31. The highest BCUT2D eigenvalue weighted by Gasteiger charge is 2.31. The van der Waals surface area contributed by atoms with Gasteiger partial charge in [-0.1, -0.05) is 30.3 Å². The molecule has 3 aromatic carbocycles. The molecule has 0 bridgehead atoms. The van der Waals surface area contributed by atoms with E-state index in [4.69, 9.17) is 6.42 Å². The fourth-order valence-corrected chi connectivity index (χ4v) is 5.34. The summed E-state index contributed by atoms with van der Waals surface area (Å²) < 4.78 is 0. The number of rotatable bonds is 4. The van der Waals surface area contributed by atoms with Crippen LogP contribution < -0.4 is 5.32 Å². The predicted octanol–water partition coefficient (Wildman–Crippen LogP) is 4.78. The van der Waals surface area contributed by atoms with Gasteiger partial charge in [-0.3, -0.25) is 14.4 Å². The Morgan fingerprint density at radius 3 is 2.54 bits per heavy atom. The standard InChI is InChI=1S/C31H24N4O4/c1-2-26(36)35-15-13-19(14-16-35)18-7-10-21(11-8-18)32-30(38)20-9-12-25-23(17-20)29(37)28(33-25)27-22-5-3-4-6-24(22)34-31(27)39/h1,3-12,17,19,34,39H,13-16H2,(H,32,38). The van der Waals surface area contributed by atoms with Crippen LogP contribution in [0.3, 0.4) is 0 Å². The van der Waals surface area contributed by atoms with Crippen molar-refractivity contribution < 1.29 is 19.5 Å². The predicted molar refractivity (Wildman–Crippen MR) is 149 cm³/mol. The van der Waals surface area contributed by atoms with Crippen molar-refractivity contribution in [1.82, 2.24) is 9.88 Å². The van der Waals surface area contributed by atoms with Gasteiger partial charge in [0.2, 0.25) is 5.78 Å². The Hall–Kier alpha value is -5.16. The first-order valence-corrected chi connectivity index (χ1v) is 12.7. The molecule has 3 N–H and O–H groups in total. The second-order valence-corrected chi connectivity index (χ2v) is 9.70. The maximum absolute atomic E-state index is 13.3. The lowest BCUT2D eigenvalue weighted by molar-refractivity contribution is -0.126. The molecule has 3 heterocycles. The molecule has 1 saturated heterocycles. The molecular formula is C31H24N4O4. The Morgan fingerprint density at radius 2 is 1.79 bits per heavy atom. The van der Waals surface area contributed by atoms with E-state index in [1.165, 1.54) is 6.07 Å². The highest BCUT2D eigenvalue weighted by Crippen LogP contribution is 2.36. The summed E-state index contributed by atoms with van der Waals surface area (Å²) in [6.07, 6.45) is 6.89. The summed E-state index contributed by atoms with van der Waals surface area (Å²) in [6, 6.07) is 19.8. The number of para-hydroxylation sites is 1. The lowest BCUT2D eigenvalue weighted by Crippen LogP contribution is -2.37. The number of aromatic hydroxyl groups is 1. The highest BCUT2D eigenvalue weighted by atomic mass is 16.3. The van der Waals surface area contributed by atoms with Gasteiger partial charge in [-0.25, -0.2) is 4.99 Å². The van der Waals surface area contributed by atoms with Gasteiger partial charge in [0.25, 0.3) is 11.8 Å². The van der Waals surface area contributed by atoms with Crippen molar-refractivity contribution in [1.29, 1.82) is 0 Å². The van der Waals surface area contributed by atoms with Crippen LogP contribution in [0.4, 0.5) is 11.4 Å². The van der Waals surface area contributed by atoms with E-state index in [1.807, 2.05) is 48.5 Å². The number of aromatic amines is 1. The normalized spacial score (nSPS) is 15.1. The van der Waals surface area contributed by atoms with E-state index in [2.05, 4.69) is 21.2 Å². The van der Waals surface area contributed by atoms with Crippen LogP contribution in [0.2, 0.25) is 0 Å². The van der Waals surface area contributed by atoms with Crippen molar-refractivity contribution in [2.24, 2.45) is 4.99 Å². The molecule has 8 nitrogen and oxygen atoms in total. The number of H-pyrrole nitrogens is 1. The van der Waals surface area contributed by atoms with Crippen molar-refractivity contribution in [3.8, 4) is 18.2 Å². The molecule has 0 radical (unpaired) electrons. The lowest BCUT2D eigenvalue weighted by atomic mass is 9.89. The van der Waals surface area contributed by atoms with E-state index in [1.54, 1.807) is 17.0 Å². The third kappa shape index (κ3) is 4.34. The summed E-state index contributed by atoms with van der Waals surface area (Å²) in [4.78, 5) is 47.0. The van der Waals surface area contributed by atoms with Crippen LogP contribution in [0, 0.1) is 12.3 Å². The molecule has 0 atom stereocenters. The minimum atomic E-state index is -0.348. The quantitative estimate of drug-likeness (QED) is 0.339. The van der Waals surface area contributed by atoms with E-state index in [9.17, 15) is 19.5 Å². The number of hydrogen-bond acceptors (Lipinski definition) is 5. The number of nitrogens with one attached hydrogen (secondary N) is 2. The van der Waals surface area contributed by atoms with E-state index < -0.39 is 0 Å². The fraction of sp³-hybridized carbons (Fsp3) is 0.161. The molecule has 2 amide bonds. The first kappa shape index (κ1) is 24.2. The summed E-state index contributed by atoms with van der Waals surface area (Å²) in [5.74, 6) is 1.42. The molecule has 39 heavy (non-hydrogen) atoms. The van der Waals surface area contributed by atoms with Gasteiger partial charge in [0.15, 0.2) is 5.88 Å². The van der Waals surface area contributed by atoms with Gasteiger partial charge in [0, 0.05) is 35.2 Å². The molecule has 2 aliphatic rings. The van der Waals surface area contributed by atoms with Gasteiger partial charge in [-0.2, -0.15) is 0 Å². The Morgan fingerprint density at radius 1 is 1.05 bits per heavy atom. The maximum Gasteiger partial charge on any atom is 0.298 e. The Balaban J connectivity index is 1.14. The zero-order valence-electron chi connectivity index (χ0n) is 20.9. The number of carbonyl (C=O) groups is 3. The molecule has 0 aliphatic carbocycles. The van der Waals surface area contributed by atoms with Gasteiger partial charge in [0.1, 0.15) is 5.71 Å². The number of ketones is 1. The van der Waals surface area contributed by atoms with Crippen molar-refractivity contribution in [3.63, 3.8) is 0 Å². The summed E-state index contributed by atoms with van der Waals surface area (Å²) in [5, 5.41) is 14.1. The Kier molecular flexibility index (Phi) is 5.97. The first-order valence-electron chi connectivity index (χ1n) is 12.7. The van der Waals surface area contributed by atoms with Crippen LogP contribution >= 0.6 is 0 Å². The molecule has 1 fully saturated rings. The number of aromatic nitrogens is 1. The monoisotopic (exact) mass is 516 g/mol. The van der Waals surface area contributed by atoms with Gasteiger partial charge in [0.05, 0.1) is 16.8 Å². The van der Waals surface area contributed by atoms with Gasteiger partial charge in [-0.05, 0) is 66.6 Å². The fourth-order valence-electron chi connectivity index (χ4n) is 5.34. The van der Waals surface area contributed by atoms with E-state index in [-0.39, 0.29) is 29.2 Å². The van der Waals surface area contributed by atoms with Gasteiger partial charge in [-0.15, -0.1) is 6.42 Å².